The minimum atomic E-state index is -0.354. The lowest BCUT2D eigenvalue weighted by Gasteiger charge is -2.20. The molecule has 0 aliphatic rings. The van der Waals surface area contributed by atoms with Crippen LogP contribution in [0.1, 0.15) is 29.9 Å². The predicted octanol–water partition coefficient (Wildman–Crippen LogP) is 3.16. The van der Waals surface area contributed by atoms with E-state index in [2.05, 4.69) is 38.8 Å². The molecule has 0 saturated carbocycles. The molecule has 0 amide bonds. The first-order valence-corrected chi connectivity index (χ1v) is 7.63. The van der Waals surface area contributed by atoms with Crippen LogP contribution in [-0.4, -0.2) is 36.1 Å². The van der Waals surface area contributed by atoms with Gasteiger partial charge in [-0.1, -0.05) is 0 Å². The van der Waals surface area contributed by atoms with Gasteiger partial charge in [0.25, 0.3) is 0 Å². The average molecular weight is 314 g/mol. The van der Waals surface area contributed by atoms with Crippen LogP contribution in [-0.2, 0) is 4.74 Å². The SMILES string of the molecule is CCN(CC)c1cc(C)nc(Nc2ccc(C(=O)OC)cc2)n1. The molecule has 0 fully saturated rings. The summed E-state index contributed by atoms with van der Waals surface area (Å²) in [5.41, 5.74) is 2.22. The molecule has 122 valence electrons. The van der Waals surface area contributed by atoms with Crippen LogP contribution < -0.4 is 10.2 Å². The summed E-state index contributed by atoms with van der Waals surface area (Å²) in [7, 11) is 1.36. The fraction of sp³-hybridized carbons (Fsp3) is 0.353. The quantitative estimate of drug-likeness (QED) is 0.826. The Morgan fingerprint density at radius 2 is 1.83 bits per heavy atom. The predicted molar refractivity (Wildman–Crippen MR) is 91.4 cm³/mol. The van der Waals surface area contributed by atoms with Gasteiger partial charge in [0.05, 0.1) is 12.7 Å². The van der Waals surface area contributed by atoms with Gasteiger partial charge in [-0.25, -0.2) is 9.78 Å². The number of nitrogens with one attached hydrogen (secondary N) is 1. The standard InChI is InChI=1S/C17H22N4O2/c1-5-21(6-2)15-11-12(3)18-17(20-15)19-14-9-7-13(8-10-14)16(22)23-4/h7-11H,5-6H2,1-4H3,(H,18,19,20). The van der Waals surface area contributed by atoms with Gasteiger partial charge in [0, 0.05) is 30.5 Å². The smallest absolute Gasteiger partial charge is 0.337 e. The minimum absolute atomic E-state index is 0.354. The van der Waals surface area contributed by atoms with Gasteiger partial charge < -0.3 is 15.0 Å². The second kappa shape index (κ2) is 7.58. The summed E-state index contributed by atoms with van der Waals surface area (Å²) in [6.07, 6.45) is 0. The van der Waals surface area contributed by atoms with Crippen molar-refractivity contribution in [2.24, 2.45) is 0 Å². The molecule has 0 aliphatic carbocycles. The lowest BCUT2D eigenvalue weighted by atomic mass is 10.2. The van der Waals surface area contributed by atoms with Crippen molar-refractivity contribution < 1.29 is 9.53 Å². The number of nitrogens with zero attached hydrogens (tertiary/aromatic N) is 3. The van der Waals surface area contributed by atoms with E-state index in [0.29, 0.717) is 11.5 Å². The molecule has 2 rings (SSSR count). The molecular formula is C17H22N4O2. The van der Waals surface area contributed by atoms with Gasteiger partial charge in [0.1, 0.15) is 5.82 Å². The molecule has 6 nitrogen and oxygen atoms in total. The monoisotopic (exact) mass is 314 g/mol. The normalized spacial score (nSPS) is 10.3. The molecule has 23 heavy (non-hydrogen) atoms. The number of ether oxygens (including phenoxy) is 1. The summed E-state index contributed by atoms with van der Waals surface area (Å²) >= 11 is 0. The van der Waals surface area contributed by atoms with Crippen LogP contribution in [0.15, 0.2) is 30.3 Å². The first-order valence-electron chi connectivity index (χ1n) is 7.63. The summed E-state index contributed by atoms with van der Waals surface area (Å²) in [4.78, 5) is 22.6. The van der Waals surface area contributed by atoms with Crippen LogP contribution in [0.3, 0.4) is 0 Å². The molecule has 1 aromatic carbocycles. The van der Waals surface area contributed by atoms with Crippen LogP contribution in [0.25, 0.3) is 0 Å². The molecular weight excluding hydrogens is 292 g/mol. The van der Waals surface area contributed by atoms with Crippen LogP contribution in [0.2, 0.25) is 0 Å². The van der Waals surface area contributed by atoms with Crippen molar-refractivity contribution in [3.05, 3.63) is 41.6 Å². The number of methoxy groups -OCH3 is 1. The number of carbonyl (C=O) groups excluding carboxylic acids is 1. The van der Waals surface area contributed by atoms with Crippen molar-refractivity contribution in [2.75, 3.05) is 30.4 Å². The third-order valence-electron chi connectivity index (χ3n) is 3.49. The van der Waals surface area contributed by atoms with E-state index < -0.39 is 0 Å². The van der Waals surface area contributed by atoms with Crippen LogP contribution >= 0.6 is 0 Å². The molecule has 1 heterocycles. The van der Waals surface area contributed by atoms with Gasteiger partial charge in [-0.2, -0.15) is 4.98 Å². The molecule has 2 aromatic rings. The Balaban J connectivity index is 2.21. The van der Waals surface area contributed by atoms with Gasteiger partial charge >= 0.3 is 5.97 Å². The molecule has 0 spiro atoms. The highest BCUT2D eigenvalue weighted by Crippen LogP contribution is 2.19. The van der Waals surface area contributed by atoms with E-state index >= 15 is 0 Å². The Bertz CT molecular complexity index is 667. The third kappa shape index (κ3) is 4.18. The molecule has 0 saturated heterocycles. The minimum Gasteiger partial charge on any atom is -0.465 e. The van der Waals surface area contributed by atoms with E-state index in [1.165, 1.54) is 7.11 Å². The average Bonchev–Trinajstić information content (AvgIpc) is 2.55. The van der Waals surface area contributed by atoms with Crippen LogP contribution in [0.4, 0.5) is 17.5 Å². The summed E-state index contributed by atoms with van der Waals surface area (Å²) in [5, 5.41) is 3.17. The molecule has 0 aliphatic heterocycles. The Hall–Kier alpha value is -2.63. The number of benzene rings is 1. The van der Waals surface area contributed by atoms with Crippen molar-refractivity contribution >= 4 is 23.4 Å². The van der Waals surface area contributed by atoms with Crippen molar-refractivity contribution in [1.29, 1.82) is 0 Å². The summed E-state index contributed by atoms with van der Waals surface area (Å²) in [6.45, 7) is 7.92. The van der Waals surface area contributed by atoms with Crippen molar-refractivity contribution in [3.8, 4) is 0 Å². The zero-order valence-electron chi connectivity index (χ0n) is 14.0. The number of esters is 1. The van der Waals surface area contributed by atoms with Crippen molar-refractivity contribution in [3.63, 3.8) is 0 Å². The highest BCUT2D eigenvalue weighted by molar-refractivity contribution is 5.89. The first-order chi connectivity index (χ1) is 11.1. The van der Waals surface area contributed by atoms with Crippen LogP contribution in [0, 0.1) is 6.92 Å². The van der Waals surface area contributed by atoms with E-state index in [4.69, 9.17) is 0 Å². The maximum absolute atomic E-state index is 11.4. The van der Waals surface area contributed by atoms with E-state index in [1.54, 1.807) is 24.3 Å². The maximum atomic E-state index is 11.4. The number of aromatic nitrogens is 2. The second-order valence-corrected chi connectivity index (χ2v) is 5.06. The van der Waals surface area contributed by atoms with E-state index in [0.717, 1.165) is 30.3 Å². The highest BCUT2D eigenvalue weighted by atomic mass is 16.5. The molecule has 1 N–H and O–H groups in total. The van der Waals surface area contributed by atoms with E-state index in [-0.39, 0.29) is 5.97 Å². The Labute approximate surface area is 136 Å². The topological polar surface area (TPSA) is 67.4 Å². The second-order valence-electron chi connectivity index (χ2n) is 5.06. The number of aryl methyl sites for hydroxylation is 1. The van der Waals surface area contributed by atoms with Crippen molar-refractivity contribution in [2.45, 2.75) is 20.8 Å². The fourth-order valence-electron chi connectivity index (χ4n) is 2.25. The zero-order chi connectivity index (χ0) is 16.8. The molecule has 0 bridgehead atoms. The Morgan fingerprint density at radius 3 is 2.39 bits per heavy atom. The van der Waals surface area contributed by atoms with Gasteiger partial charge in [-0.15, -0.1) is 0 Å². The number of hydrogen-bond donors (Lipinski definition) is 1. The van der Waals surface area contributed by atoms with E-state index in [9.17, 15) is 4.79 Å². The highest BCUT2D eigenvalue weighted by Gasteiger charge is 2.09. The molecule has 0 radical (unpaired) electrons. The van der Waals surface area contributed by atoms with Gasteiger partial charge in [0.15, 0.2) is 0 Å². The van der Waals surface area contributed by atoms with Gasteiger partial charge in [0.2, 0.25) is 5.95 Å². The first kappa shape index (κ1) is 16.7. The molecule has 1 aromatic heterocycles. The largest absolute Gasteiger partial charge is 0.465 e. The molecule has 6 heteroatoms. The molecule has 0 unspecified atom stereocenters. The summed E-state index contributed by atoms with van der Waals surface area (Å²) in [5.74, 6) is 1.08. The number of anilines is 3. The number of carbonyl (C=O) groups is 1. The zero-order valence-corrected chi connectivity index (χ0v) is 14.0. The molecule has 0 atom stereocenters. The number of rotatable bonds is 6. The van der Waals surface area contributed by atoms with Gasteiger partial charge in [-0.3, -0.25) is 0 Å². The summed E-state index contributed by atoms with van der Waals surface area (Å²) < 4.78 is 4.69. The van der Waals surface area contributed by atoms with Gasteiger partial charge in [-0.05, 0) is 45.0 Å². The number of hydrogen-bond acceptors (Lipinski definition) is 6. The Kier molecular flexibility index (Phi) is 5.51. The maximum Gasteiger partial charge on any atom is 0.337 e. The third-order valence-corrected chi connectivity index (χ3v) is 3.49. The van der Waals surface area contributed by atoms with Crippen molar-refractivity contribution in [1.82, 2.24) is 9.97 Å². The van der Waals surface area contributed by atoms with Crippen LogP contribution in [0.5, 0.6) is 0 Å². The van der Waals surface area contributed by atoms with E-state index in [1.807, 2.05) is 13.0 Å². The Morgan fingerprint density at radius 1 is 1.17 bits per heavy atom. The lowest BCUT2D eigenvalue weighted by molar-refractivity contribution is 0.0601. The summed E-state index contributed by atoms with van der Waals surface area (Å²) in [6, 6.07) is 8.98. The fourth-order valence-corrected chi connectivity index (χ4v) is 2.25. The lowest BCUT2D eigenvalue weighted by Crippen LogP contribution is -2.23.